The van der Waals surface area contributed by atoms with Crippen molar-refractivity contribution in [1.29, 1.82) is 0 Å². The molecule has 1 aliphatic rings. The molecule has 1 aliphatic heterocycles. The van der Waals surface area contributed by atoms with E-state index in [0.29, 0.717) is 0 Å². The lowest BCUT2D eigenvalue weighted by Gasteiger charge is -2.32. The van der Waals surface area contributed by atoms with Gasteiger partial charge in [0.25, 0.3) is 0 Å². The number of hydrogen-bond acceptors (Lipinski definition) is 4. The Morgan fingerprint density at radius 1 is 1.42 bits per heavy atom. The molecular weight excluding hydrogens is 246 g/mol. The van der Waals surface area contributed by atoms with Gasteiger partial charge in [0.2, 0.25) is 5.91 Å². The van der Waals surface area contributed by atoms with Crippen molar-refractivity contribution in [2.75, 3.05) is 18.4 Å². The Kier molecular flexibility index (Phi) is 3.99. The summed E-state index contributed by atoms with van der Waals surface area (Å²) < 4.78 is 0. The Balaban J connectivity index is 1.94. The van der Waals surface area contributed by atoms with Gasteiger partial charge in [-0.05, 0) is 25.0 Å². The molecule has 0 spiro atoms. The number of rotatable bonds is 3. The van der Waals surface area contributed by atoms with Crippen LogP contribution in [0.3, 0.4) is 0 Å². The summed E-state index contributed by atoms with van der Waals surface area (Å²) in [5.41, 5.74) is 0.792. The SMILES string of the molecule is CC(=O)N1CCC(Nc2ccnc(C(=O)O)c2)CC1. The highest BCUT2D eigenvalue weighted by molar-refractivity contribution is 5.86. The Labute approximate surface area is 111 Å². The second kappa shape index (κ2) is 5.69. The average molecular weight is 263 g/mol. The van der Waals surface area contributed by atoms with Crippen molar-refractivity contribution in [2.24, 2.45) is 0 Å². The number of amides is 1. The van der Waals surface area contributed by atoms with E-state index in [1.54, 1.807) is 13.0 Å². The number of likely N-dealkylation sites (tertiary alicyclic amines) is 1. The van der Waals surface area contributed by atoms with Crippen molar-refractivity contribution in [3.8, 4) is 0 Å². The van der Waals surface area contributed by atoms with E-state index in [2.05, 4.69) is 10.3 Å². The fourth-order valence-corrected chi connectivity index (χ4v) is 2.21. The topological polar surface area (TPSA) is 82.5 Å². The highest BCUT2D eigenvalue weighted by atomic mass is 16.4. The summed E-state index contributed by atoms with van der Waals surface area (Å²) in [7, 11) is 0. The van der Waals surface area contributed by atoms with Gasteiger partial charge in [0.05, 0.1) is 0 Å². The minimum atomic E-state index is -1.03. The van der Waals surface area contributed by atoms with Crippen LogP contribution < -0.4 is 5.32 Å². The van der Waals surface area contributed by atoms with Crippen molar-refractivity contribution >= 4 is 17.6 Å². The summed E-state index contributed by atoms with van der Waals surface area (Å²) >= 11 is 0. The predicted molar refractivity (Wildman–Crippen MR) is 70.1 cm³/mol. The number of carbonyl (C=O) groups is 2. The average Bonchev–Trinajstić information content (AvgIpc) is 2.39. The van der Waals surface area contributed by atoms with Crippen LogP contribution in [0.5, 0.6) is 0 Å². The maximum Gasteiger partial charge on any atom is 0.354 e. The fourth-order valence-electron chi connectivity index (χ4n) is 2.21. The van der Waals surface area contributed by atoms with Crippen LogP contribution in [0.25, 0.3) is 0 Å². The molecule has 19 heavy (non-hydrogen) atoms. The molecule has 2 N–H and O–H groups in total. The molecule has 1 aromatic rings. The highest BCUT2D eigenvalue weighted by Crippen LogP contribution is 2.17. The number of anilines is 1. The number of carbonyl (C=O) groups excluding carboxylic acids is 1. The molecule has 1 fully saturated rings. The number of nitrogens with one attached hydrogen (secondary N) is 1. The van der Waals surface area contributed by atoms with E-state index < -0.39 is 5.97 Å². The molecule has 0 aromatic carbocycles. The van der Waals surface area contributed by atoms with Gasteiger partial charge in [-0.3, -0.25) is 4.79 Å². The Morgan fingerprint density at radius 3 is 2.68 bits per heavy atom. The van der Waals surface area contributed by atoms with Gasteiger partial charge in [-0.2, -0.15) is 0 Å². The van der Waals surface area contributed by atoms with Crippen LogP contribution in [0.15, 0.2) is 18.3 Å². The van der Waals surface area contributed by atoms with E-state index in [1.165, 1.54) is 12.3 Å². The summed E-state index contributed by atoms with van der Waals surface area (Å²) in [6.45, 7) is 3.06. The van der Waals surface area contributed by atoms with Crippen LogP contribution in [0.2, 0.25) is 0 Å². The van der Waals surface area contributed by atoms with Crippen LogP contribution in [0, 0.1) is 0 Å². The van der Waals surface area contributed by atoms with Gasteiger partial charge in [-0.1, -0.05) is 0 Å². The molecule has 0 radical (unpaired) electrons. The minimum absolute atomic E-state index is 0.0335. The van der Waals surface area contributed by atoms with Gasteiger partial charge in [-0.25, -0.2) is 9.78 Å². The lowest BCUT2D eigenvalue weighted by molar-refractivity contribution is -0.129. The van der Waals surface area contributed by atoms with Crippen molar-refractivity contribution in [3.05, 3.63) is 24.0 Å². The Bertz CT molecular complexity index is 482. The second-order valence-corrected chi connectivity index (χ2v) is 4.66. The van der Waals surface area contributed by atoms with Crippen LogP contribution >= 0.6 is 0 Å². The zero-order valence-corrected chi connectivity index (χ0v) is 10.8. The van der Waals surface area contributed by atoms with Gasteiger partial charge >= 0.3 is 5.97 Å². The molecular formula is C13H17N3O3. The number of carboxylic acids is 1. The molecule has 2 rings (SSSR count). The predicted octanol–water partition coefficient (Wildman–Crippen LogP) is 1.20. The monoisotopic (exact) mass is 263 g/mol. The molecule has 0 aliphatic carbocycles. The first-order valence-corrected chi connectivity index (χ1v) is 6.27. The lowest BCUT2D eigenvalue weighted by Crippen LogP contribution is -2.41. The van der Waals surface area contributed by atoms with E-state index in [0.717, 1.165) is 31.6 Å². The third-order valence-electron chi connectivity index (χ3n) is 3.29. The van der Waals surface area contributed by atoms with Crippen molar-refractivity contribution < 1.29 is 14.7 Å². The molecule has 1 aromatic heterocycles. The van der Waals surface area contributed by atoms with Crippen molar-refractivity contribution in [3.63, 3.8) is 0 Å². The van der Waals surface area contributed by atoms with E-state index in [9.17, 15) is 9.59 Å². The normalized spacial score (nSPS) is 16.2. The van der Waals surface area contributed by atoms with Gasteiger partial charge in [-0.15, -0.1) is 0 Å². The van der Waals surface area contributed by atoms with Gasteiger partial charge in [0.15, 0.2) is 0 Å². The summed E-state index contributed by atoms with van der Waals surface area (Å²) in [5.74, 6) is -0.925. The standard InChI is InChI=1S/C13H17N3O3/c1-9(17)16-6-3-10(4-7-16)15-11-2-5-14-12(8-11)13(18)19/h2,5,8,10H,3-4,6-7H2,1H3,(H,14,15)(H,18,19). The number of aromatic carboxylic acids is 1. The molecule has 1 saturated heterocycles. The molecule has 1 amide bonds. The quantitative estimate of drug-likeness (QED) is 0.856. The summed E-state index contributed by atoms with van der Waals surface area (Å²) in [4.78, 5) is 27.6. The fraction of sp³-hybridized carbons (Fsp3) is 0.462. The zero-order chi connectivity index (χ0) is 13.8. The summed E-state index contributed by atoms with van der Waals surface area (Å²) in [6, 6.07) is 3.54. The van der Waals surface area contributed by atoms with Crippen LogP contribution in [-0.4, -0.2) is 46.0 Å². The zero-order valence-electron chi connectivity index (χ0n) is 10.8. The molecule has 0 saturated carbocycles. The third-order valence-corrected chi connectivity index (χ3v) is 3.29. The van der Waals surface area contributed by atoms with Gasteiger partial charge in [0.1, 0.15) is 5.69 Å². The summed E-state index contributed by atoms with van der Waals surface area (Å²) in [6.07, 6.45) is 3.21. The first-order valence-electron chi connectivity index (χ1n) is 6.27. The van der Waals surface area contributed by atoms with Gasteiger partial charge in [0, 0.05) is 37.9 Å². The number of piperidine rings is 1. The number of carboxylic acid groups (broad SMARTS) is 1. The van der Waals surface area contributed by atoms with E-state index in [-0.39, 0.29) is 17.6 Å². The Hall–Kier alpha value is -2.11. The highest BCUT2D eigenvalue weighted by Gasteiger charge is 2.20. The maximum atomic E-state index is 11.2. The van der Waals surface area contributed by atoms with E-state index in [4.69, 9.17) is 5.11 Å². The first kappa shape index (κ1) is 13.3. The van der Waals surface area contributed by atoms with Gasteiger partial charge < -0.3 is 15.3 Å². The van der Waals surface area contributed by atoms with Crippen LogP contribution in [0.4, 0.5) is 5.69 Å². The third kappa shape index (κ3) is 3.43. The molecule has 6 heteroatoms. The molecule has 0 atom stereocenters. The first-order chi connectivity index (χ1) is 9.06. The number of pyridine rings is 1. The molecule has 6 nitrogen and oxygen atoms in total. The molecule has 0 unspecified atom stereocenters. The van der Waals surface area contributed by atoms with E-state index in [1.807, 2.05) is 4.90 Å². The minimum Gasteiger partial charge on any atom is -0.477 e. The smallest absolute Gasteiger partial charge is 0.354 e. The second-order valence-electron chi connectivity index (χ2n) is 4.66. The van der Waals surface area contributed by atoms with Crippen LogP contribution in [0.1, 0.15) is 30.3 Å². The van der Waals surface area contributed by atoms with E-state index >= 15 is 0 Å². The van der Waals surface area contributed by atoms with Crippen molar-refractivity contribution in [1.82, 2.24) is 9.88 Å². The van der Waals surface area contributed by atoms with Crippen LogP contribution in [-0.2, 0) is 4.79 Å². The maximum absolute atomic E-state index is 11.2. The number of hydrogen-bond donors (Lipinski definition) is 2. The summed E-state index contributed by atoms with van der Waals surface area (Å²) in [5, 5.41) is 12.2. The van der Waals surface area contributed by atoms with Crippen molar-refractivity contribution in [2.45, 2.75) is 25.8 Å². The molecule has 102 valence electrons. The largest absolute Gasteiger partial charge is 0.477 e. The molecule has 2 heterocycles. The number of nitrogens with zero attached hydrogens (tertiary/aromatic N) is 2. The lowest BCUT2D eigenvalue weighted by atomic mass is 10.0. The Morgan fingerprint density at radius 2 is 2.11 bits per heavy atom. The number of aromatic nitrogens is 1. The molecule has 0 bridgehead atoms.